The summed E-state index contributed by atoms with van der Waals surface area (Å²) >= 11 is 0. The number of hydrogen-bond acceptors (Lipinski definition) is 4. The van der Waals surface area contributed by atoms with Crippen molar-refractivity contribution in [3.8, 4) is 0 Å². The standard InChI is InChI=1S/C13H24N2O4/c1-3-19-12(18)14-7-4-11(17)15-8-5-13(2,10-16)6-9-15/h16H,3-10H2,1-2H3,(H,14,18). The van der Waals surface area contributed by atoms with Crippen LogP contribution in [0.4, 0.5) is 4.79 Å². The summed E-state index contributed by atoms with van der Waals surface area (Å²) in [6.07, 6.45) is 1.44. The van der Waals surface area contributed by atoms with E-state index in [0.717, 1.165) is 12.8 Å². The Morgan fingerprint density at radius 2 is 2.00 bits per heavy atom. The minimum absolute atomic E-state index is 0.0387. The van der Waals surface area contributed by atoms with Crippen molar-refractivity contribution in [2.45, 2.75) is 33.1 Å². The van der Waals surface area contributed by atoms with E-state index in [0.29, 0.717) is 26.2 Å². The number of nitrogens with one attached hydrogen (secondary N) is 1. The maximum atomic E-state index is 11.9. The highest BCUT2D eigenvalue weighted by atomic mass is 16.5. The monoisotopic (exact) mass is 272 g/mol. The van der Waals surface area contributed by atoms with E-state index < -0.39 is 6.09 Å². The molecule has 1 saturated heterocycles. The Kier molecular flexibility index (Phi) is 6.08. The Morgan fingerprint density at radius 1 is 1.37 bits per heavy atom. The smallest absolute Gasteiger partial charge is 0.407 e. The van der Waals surface area contributed by atoms with Crippen molar-refractivity contribution in [3.05, 3.63) is 0 Å². The number of hydrogen-bond donors (Lipinski definition) is 2. The number of aliphatic hydroxyl groups excluding tert-OH is 1. The Balaban J connectivity index is 2.23. The zero-order chi connectivity index (χ0) is 14.3. The van der Waals surface area contributed by atoms with Gasteiger partial charge in [-0.15, -0.1) is 0 Å². The van der Waals surface area contributed by atoms with Crippen LogP contribution in [0.25, 0.3) is 0 Å². The minimum atomic E-state index is -0.484. The predicted molar refractivity (Wildman–Crippen MR) is 70.6 cm³/mol. The average Bonchev–Trinajstić information content (AvgIpc) is 2.40. The third-order valence-corrected chi connectivity index (χ3v) is 3.59. The second-order valence-electron chi connectivity index (χ2n) is 5.25. The second kappa shape index (κ2) is 7.33. The van der Waals surface area contributed by atoms with E-state index in [1.165, 1.54) is 0 Å². The van der Waals surface area contributed by atoms with Crippen LogP contribution in [-0.4, -0.2) is 54.9 Å². The van der Waals surface area contributed by atoms with Gasteiger partial charge in [-0.3, -0.25) is 4.79 Å². The summed E-state index contributed by atoms with van der Waals surface area (Å²) in [5.74, 6) is 0.0387. The van der Waals surface area contributed by atoms with Crippen molar-refractivity contribution in [2.75, 3.05) is 32.8 Å². The number of rotatable bonds is 5. The summed E-state index contributed by atoms with van der Waals surface area (Å²) < 4.78 is 4.71. The Morgan fingerprint density at radius 3 is 2.53 bits per heavy atom. The van der Waals surface area contributed by atoms with Crippen LogP contribution in [0.2, 0.25) is 0 Å². The van der Waals surface area contributed by atoms with E-state index in [9.17, 15) is 14.7 Å². The van der Waals surface area contributed by atoms with Gasteiger partial charge in [0.25, 0.3) is 0 Å². The van der Waals surface area contributed by atoms with Gasteiger partial charge in [-0.1, -0.05) is 6.92 Å². The van der Waals surface area contributed by atoms with Gasteiger partial charge >= 0.3 is 6.09 Å². The van der Waals surface area contributed by atoms with Gasteiger partial charge in [0.05, 0.1) is 6.61 Å². The molecule has 1 fully saturated rings. The van der Waals surface area contributed by atoms with Crippen LogP contribution < -0.4 is 5.32 Å². The number of nitrogens with zero attached hydrogens (tertiary/aromatic N) is 1. The second-order valence-corrected chi connectivity index (χ2v) is 5.25. The number of aliphatic hydroxyl groups is 1. The molecule has 1 heterocycles. The molecule has 0 aliphatic carbocycles. The van der Waals surface area contributed by atoms with Crippen molar-refractivity contribution >= 4 is 12.0 Å². The number of alkyl carbamates (subject to hydrolysis) is 1. The molecule has 1 rings (SSSR count). The van der Waals surface area contributed by atoms with Crippen LogP contribution in [0.1, 0.15) is 33.1 Å². The number of carbonyl (C=O) groups excluding carboxylic acids is 2. The number of amides is 2. The van der Waals surface area contributed by atoms with E-state index in [1.807, 2.05) is 6.92 Å². The maximum Gasteiger partial charge on any atom is 0.407 e. The molecule has 110 valence electrons. The zero-order valence-electron chi connectivity index (χ0n) is 11.8. The number of likely N-dealkylation sites (tertiary alicyclic amines) is 1. The molecule has 6 heteroatoms. The Labute approximate surface area is 114 Å². The summed E-state index contributed by atoms with van der Waals surface area (Å²) in [6.45, 7) is 5.91. The largest absolute Gasteiger partial charge is 0.450 e. The molecule has 2 N–H and O–H groups in total. The minimum Gasteiger partial charge on any atom is -0.450 e. The van der Waals surface area contributed by atoms with E-state index in [2.05, 4.69) is 5.32 Å². The topological polar surface area (TPSA) is 78.9 Å². The first-order valence-electron chi connectivity index (χ1n) is 6.80. The maximum absolute atomic E-state index is 11.9. The van der Waals surface area contributed by atoms with Crippen LogP contribution in [0.3, 0.4) is 0 Å². The number of ether oxygens (including phenoxy) is 1. The molecule has 2 amide bonds. The van der Waals surface area contributed by atoms with Gasteiger partial charge in [-0.05, 0) is 25.2 Å². The summed E-state index contributed by atoms with van der Waals surface area (Å²) in [6, 6.07) is 0. The molecular weight excluding hydrogens is 248 g/mol. The van der Waals surface area contributed by atoms with Gasteiger partial charge in [-0.2, -0.15) is 0 Å². The van der Waals surface area contributed by atoms with Crippen molar-refractivity contribution in [3.63, 3.8) is 0 Å². The van der Waals surface area contributed by atoms with Gasteiger partial charge < -0.3 is 20.1 Å². The molecular formula is C13H24N2O4. The predicted octanol–water partition coefficient (Wildman–Crippen LogP) is 0.744. The Hall–Kier alpha value is -1.30. The molecule has 0 aromatic carbocycles. The van der Waals surface area contributed by atoms with Crippen LogP contribution >= 0.6 is 0 Å². The van der Waals surface area contributed by atoms with Gasteiger partial charge in [0.15, 0.2) is 0 Å². The highest BCUT2D eigenvalue weighted by Gasteiger charge is 2.30. The SMILES string of the molecule is CCOC(=O)NCCC(=O)N1CCC(C)(CO)CC1. The summed E-state index contributed by atoms with van der Waals surface area (Å²) in [5.41, 5.74) is -0.0556. The van der Waals surface area contributed by atoms with Crippen LogP contribution in [-0.2, 0) is 9.53 Å². The van der Waals surface area contributed by atoms with Gasteiger partial charge in [0.1, 0.15) is 0 Å². The first-order valence-corrected chi connectivity index (χ1v) is 6.80. The van der Waals surface area contributed by atoms with Crippen molar-refractivity contribution in [1.82, 2.24) is 10.2 Å². The molecule has 6 nitrogen and oxygen atoms in total. The fourth-order valence-corrected chi connectivity index (χ4v) is 2.07. The molecule has 0 radical (unpaired) electrons. The molecule has 0 spiro atoms. The molecule has 0 aromatic heterocycles. The molecule has 1 aliphatic rings. The van der Waals surface area contributed by atoms with Gasteiger partial charge in [0.2, 0.25) is 5.91 Å². The fourth-order valence-electron chi connectivity index (χ4n) is 2.07. The third-order valence-electron chi connectivity index (χ3n) is 3.59. The molecule has 0 aromatic rings. The summed E-state index contributed by atoms with van der Waals surface area (Å²) in [4.78, 5) is 24.7. The first kappa shape index (κ1) is 15.8. The summed E-state index contributed by atoms with van der Waals surface area (Å²) in [7, 11) is 0. The lowest BCUT2D eigenvalue weighted by Gasteiger charge is -2.38. The lowest BCUT2D eigenvalue weighted by atomic mass is 9.81. The molecule has 0 atom stereocenters. The summed E-state index contributed by atoms with van der Waals surface area (Å²) in [5, 5.41) is 11.8. The average molecular weight is 272 g/mol. The quantitative estimate of drug-likeness (QED) is 0.774. The normalized spacial score (nSPS) is 17.9. The van der Waals surface area contributed by atoms with Crippen molar-refractivity contribution in [1.29, 1.82) is 0 Å². The van der Waals surface area contributed by atoms with Crippen molar-refractivity contribution in [2.24, 2.45) is 5.41 Å². The van der Waals surface area contributed by atoms with Gasteiger partial charge in [-0.25, -0.2) is 4.79 Å². The first-order chi connectivity index (χ1) is 9.00. The molecule has 19 heavy (non-hydrogen) atoms. The van der Waals surface area contributed by atoms with Crippen LogP contribution in [0, 0.1) is 5.41 Å². The molecule has 1 aliphatic heterocycles. The van der Waals surface area contributed by atoms with E-state index in [-0.39, 0.29) is 24.3 Å². The Bertz CT molecular complexity index is 312. The van der Waals surface area contributed by atoms with Gasteiger partial charge in [0, 0.05) is 32.7 Å². The van der Waals surface area contributed by atoms with Crippen molar-refractivity contribution < 1.29 is 19.4 Å². The molecule has 0 bridgehead atoms. The third kappa shape index (κ3) is 5.06. The van der Waals surface area contributed by atoms with E-state index >= 15 is 0 Å². The highest BCUT2D eigenvalue weighted by molar-refractivity contribution is 5.77. The van der Waals surface area contributed by atoms with E-state index in [1.54, 1.807) is 11.8 Å². The zero-order valence-corrected chi connectivity index (χ0v) is 11.8. The number of carbonyl (C=O) groups is 2. The lowest BCUT2D eigenvalue weighted by molar-refractivity contribution is -0.133. The highest BCUT2D eigenvalue weighted by Crippen LogP contribution is 2.30. The van der Waals surface area contributed by atoms with E-state index in [4.69, 9.17) is 4.74 Å². The molecule has 0 unspecified atom stereocenters. The number of piperidine rings is 1. The molecule has 0 saturated carbocycles. The lowest BCUT2D eigenvalue weighted by Crippen LogP contribution is -2.44. The fraction of sp³-hybridized carbons (Fsp3) is 0.846. The van der Waals surface area contributed by atoms with Crippen LogP contribution in [0.15, 0.2) is 0 Å². The van der Waals surface area contributed by atoms with Crippen LogP contribution in [0.5, 0.6) is 0 Å².